The summed E-state index contributed by atoms with van der Waals surface area (Å²) in [6.07, 6.45) is -6.16. The molecule has 11 heteroatoms. The molecule has 1 aromatic carbocycles. The van der Waals surface area contributed by atoms with E-state index in [1.165, 1.54) is 19.1 Å². The second-order valence-corrected chi connectivity index (χ2v) is 5.10. The van der Waals surface area contributed by atoms with Gasteiger partial charge in [0.2, 0.25) is 0 Å². The Hall–Kier alpha value is -2.01. The highest BCUT2D eigenvalue weighted by atomic mass is 32.2. The average Bonchev–Trinajstić information content (AvgIpc) is 2.35. The minimum Gasteiger partial charge on any atom is -0.449 e. The number of hydrazine groups is 1. The Morgan fingerprint density at radius 2 is 1.90 bits per heavy atom. The third-order valence-corrected chi connectivity index (χ3v) is 3.21. The number of hydrogen-bond donors (Lipinski definition) is 2. The van der Waals surface area contributed by atoms with Gasteiger partial charge in [0.05, 0.1) is 6.61 Å². The van der Waals surface area contributed by atoms with Gasteiger partial charge < -0.3 is 9.47 Å². The Kier molecular flexibility index (Phi) is 5.38. The normalized spacial score (nSPS) is 11.8. The fourth-order valence-electron chi connectivity index (χ4n) is 1.21. The maximum absolute atomic E-state index is 12.2. The van der Waals surface area contributed by atoms with Gasteiger partial charge >= 0.3 is 12.5 Å². The summed E-state index contributed by atoms with van der Waals surface area (Å²) in [5.41, 5.74) is 1.68. The summed E-state index contributed by atoms with van der Waals surface area (Å²) >= 11 is 0. The Bertz CT molecular complexity index is 603. The van der Waals surface area contributed by atoms with Crippen LogP contribution in [-0.2, 0) is 14.8 Å². The standard InChI is InChI=1S/C10H11F3N2O5S/c1-2-19-9(16)14-15-21(17,18)8-6-4-3-5-7(8)20-10(11,12)13/h3-6,15H,2H2,1H3,(H,14,16). The number of ether oxygens (including phenoxy) is 2. The van der Waals surface area contributed by atoms with Crippen molar-refractivity contribution in [3.05, 3.63) is 24.3 Å². The van der Waals surface area contributed by atoms with E-state index in [1.54, 1.807) is 10.3 Å². The lowest BCUT2D eigenvalue weighted by atomic mass is 10.3. The van der Waals surface area contributed by atoms with Crippen LogP contribution in [0.15, 0.2) is 29.2 Å². The number of carbonyl (C=O) groups is 1. The lowest BCUT2D eigenvalue weighted by Gasteiger charge is -2.14. The predicted molar refractivity (Wildman–Crippen MR) is 63.6 cm³/mol. The minimum atomic E-state index is -5.06. The van der Waals surface area contributed by atoms with Crippen LogP contribution in [-0.4, -0.2) is 27.5 Å². The van der Waals surface area contributed by atoms with Gasteiger partial charge in [0.1, 0.15) is 10.6 Å². The second kappa shape index (κ2) is 6.63. The highest BCUT2D eigenvalue weighted by Gasteiger charge is 2.34. The summed E-state index contributed by atoms with van der Waals surface area (Å²) in [6, 6.07) is 4.07. The van der Waals surface area contributed by atoms with Gasteiger partial charge in [-0.15, -0.1) is 18.0 Å². The van der Waals surface area contributed by atoms with Crippen molar-refractivity contribution in [3.63, 3.8) is 0 Å². The molecular weight excluding hydrogens is 317 g/mol. The molecule has 0 radical (unpaired) electrons. The first-order valence-corrected chi connectivity index (χ1v) is 6.93. The van der Waals surface area contributed by atoms with Crippen LogP contribution in [0.1, 0.15) is 6.92 Å². The van der Waals surface area contributed by atoms with E-state index in [1.807, 2.05) is 0 Å². The van der Waals surface area contributed by atoms with Crippen molar-refractivity contribution < 1.29 is 35.9 Å². The lowest BCUT2D eigenvalue weighted by Crippen LogP contribution is -2.42. The summed E-state index contributed by atoms with van der Waals surface area (Å²) in [5.74, 6) is -0.928. The first-order valence-electron chi connectivity index (χ1n) is 5.45. The van der Waals surface area contributed by atoms with Crippen LogP contribution < -0.4 is 15.0 Å². The molecule has 0 fully saturated rings. The molecular formula is C10H11F3N2O5S. The van der Waals surface area contributed by atoms with E-state index in [0.717, 1.165) is 12.1 Å². The summed E-state index contributed by atoms with van der Waals surface area (Å²) in [5, 5.41) is 0. The molecule has 2 N–H and O–H groups in total. The van der Waals surface area contributed by atoms with Gasteiger partial charge in [-0.1, -0.05) is 12.1 Å². The Morgan fingerprint density at radius 1 is 1.29 bits per heavy atom. The van der Waals surface area contributed by atoms with E-state index in [9.17, 15) is 26.4 Å². The smallest absolute Gasteiger partial charge is 0.449 e. The van der Waals surface area contributed by atoms with Crippen LogP contribution in [0.25, 0.3) is 0 Å². The molecule has 0 spiro atoms. The molecule has 0 bridgehead atoms. The van der Waals surface area contributed by atoms with Crippen LogP contribution >= 0.6 is 0 Å². The zero-order chi connectivity index (χ0) is 16.1. The van der Waals surface area contributed by atoms with Crippen molar-refractivity contribution in [1.82, 2.24) is 10.3 Å². The number of rotatable bonds is 5. The van der Waals surface area contributed by atoms with Gasteiger partial charge in [-0.25, -0.2) is 18.6 Å². The van der Waals surface area contributed by atoms with Gasteiger partial charge in [-0.05, 0) is 19.1 Å². The number of para-hydroxylation sites is 1. The largest absolute Gasteiger partial charge is 0.573 e. The summed E-state index contributed by atoms with van der Waals surface area (Å²) in [4.78, 5) is 11.8. The number of hydrogen-bond acceptors (Lipinski definition) is 5. The summed E-state index contributed by atoms with van der Waals surface area (Å²) in [7, 11) is -4.46. The van der Waals surface area contributed by atoms with Crippen LogP contribution in [0.5, 0.6) is 5.75 Å². The molecule has 7 nitrogen and oxygen atoms in total. The van der Waals surface area contributed by atoms with Gasteiger partial charge in [-0.2, -0.15) is 0 Å². The van der Waals surface area contributed by atoms with Crippen LogP contribution in [0.2, 0.25) is 0 Å². The van der Waals surface area contributed by atoms with Crippen LogP contribution in [0.4, 0.5) is 18.0 Å². The molecule has 0 saturated carbocycles. The topological polar surface area (TPSA) is 93.7 Å². The molecule has 1 rings (SSSR count). The lowest BCUT2D eigenvalue weighted by molar-refractivity contribution is -0.275. The minimum absolute atomic E-state index is 0.0126. The molecule has 0 aromatic heterocycles. The molecule has 0 saturated heterocycles. The van der Waals surface area contributed by atoms with Crippen molar-refractivity contribution in [2.24, 2.45) is 0 Å². The molecule has 0 aliphatic heterocycles. The number of alkyl halides is 3. The van der Waals surface area contributed by atoms with Gasteiger partial charge in [0.25, 0.3) is 10.0 Å². The summed E-state index contributed by atoms with van der Waals surface area (Å²) < 4.78 is 68.2. The molecule has 1 aromatic rings. The third kappa shape index (κ3) is 5.47. The highest BCUT2D eigenvalue weighted by molar-refractivity contribution is 7.89. The number of nitrogens with one attached hydrogen (secondary N) is 2. The molecule has 0 heterocycles. The van der Waals surface area contributed by atoms with E-state index in [2.05, 4.69) is 9.47 Å². The molecule has 21 heavy (non-hydrogen) atoms. The van der Waals surface area contributed by atoms with Gasteiger partial charge in [0.15, 0.2) is 0 Å². The van der Waals surface area contributed by atoms with Crippen molar-refractivity contribution in [3.8, 4) is 5.75 Å². The zero-order valence-corrected chi connectivity index (χ0v) is 11.4. The molecule has 0 unspecified atom stereocenters. The fraction of sp³-hybridized carbons (Fsp3) is 0.300. The van der Waals surface area contributed by atoms with Crippen molar-refractivity contribution in [2.75, 3.05) is 6.61 Å². The van der Waals surface area contributed by atoms with Crippen molar-refractivity contribution in [2.45, 2.75) is 18.2 Å². The number of sulfonamides is 1. The first-order chi connectivity index (χ1) is 9.65. The summed E-state index contributed by atoms with van der Waals surface area (Å²) in [6.45, 7) is 1.47. The number of amides is 1. The molecule has 0 aliphatic rings. The van der Waals surface area contributed by atoms with E-state index in [-0.39, 0.29) is 6.61 Å². The maximum Gasteiger partial charge on any atom is 0.573 e. The highest BCUT2D eigenvalue weighted by Crippen LogP contribution is 2.28. The molecule has 1 amide bonds. The third-order valence-electron chi connectivity index (χ3n) is 1.93. The zero-order valence-electron chi connectivity index (χ0n) is 10.6. The predicted octanol–water partition coefficient (Wildman–Crippen LogP) is 1.52. The quantitative estimate of drug-likeness (QED) is 0.800. The van der Waals surface area contributed by atoms with E-state index >= 15 is 0 Å². The van der Waals surface area contributed by atoms with E-state index < -0.39 is 33.1 Å². The maximum atomic E-state index is 12.2. The molecule has 0 aliphatic carbocycles. The number of halogens is 3. The average molecular weight is 328 g/mol. The molecule has 0 atom stereocenters. The number of benzene rings is 1. The Labute approximate surface area is 118 Å². The monoisotopic (exact) mass is 328 g/mol. The van der Waals surface area contributed by atoms with Crippen LogP contribution in [0.3, 0.4) is 0 Å². The van der Waals surface area contributed by atoms with E-state index in [4.69, 9.17) is 0 Å². The van der Waals surface area contributed by atoms with Gasteiger partial charge in [0, 0.05) is 0 Å². The second-order valence-electron chi connectivity index (χ2n) is 3.45. The number of carbonyl (C=O) groups excluding carboxylic acids is 1. The SMILES string of the molecule is CCOC(=O)NNS(=O)(=O)c1ccccc1OC(F)(F)F. The van der Waals surface area contributed by atoms with E-state index in [0.29, 0.717) is 0 Å². The van der Waals surface area contributed by atoms with Crippen LogP contribution in [0, 0.1) is 0 Å². The van der Waals surface area contributed by atoms with Gasteiger partial charge in [-0.3, -0.25) is 0 Å². The van der Waals surface area contributed by atoms with Crippen molar-refractivity contribution >= 4 is 16.1 Å². The molecule has 118 valence electrons. The Morgan fingerprint density at radius 3 is 2.48 bits per heavy atom. The van der Waals surface area contributed by atoms with Crippen molar-refractivity contribution in [1.29, 1.82) is 0 Å². The Balaban J connectivity index is 2.95. The fourth-order valence-corrected chi connectivity index (χ4v) is 2.17. The first kappa shape index (κ1) is 17.0.